The number of carbonyl (C=O) groups excluding carboxylic acids is 3. The molecule has 28 heavy (non-hydrogen) atoms. The van der Waals surface area contributed by atoms with E-state index in [2.05, 4.69) is 20.9 Å². The minimum atomic E-state index is -0.592. The molecule has 1 fully saturated rings. The minimum absolute atomic E-state index is 0.270. The smallest absolute Gasteiger partial charge is 0.412 e. The highest BCUT2D eigenvalue weighted by molar-refractivity contribution is 5.97. The van der Waals surface area contributed by atoms with Crippen LogP contribution in [0.5, 0.6) is 0 Å². The number of carbonyl (C=O) groups is 3. The number of imide groups is 1. The van der Waals surface area contributed by atoms with Crippen molar-refractivity contribution in [3.05, 3.63) is 30.5 Å². The maximum atomic E-state index is 12.2. The topological polar surface area (TPSA) is 115 Å². The molecule has 1 aliphatic heterocycles. The van der Waals surface area contributed by atoms with Crippen LogP contribution in [-0.2, 0) is 14.3 Å². The van der Waals surface area contributed by atoms with Crippen molar-refractivity contribution in [2.24, 2.45) is 0 Å². The Hall–Kier alpha value is -3.23. The minimum Gasteiger partial charge on any atom is -0.444 e. The molecule has 3 rings (SSSR count). The second-order valence-electron chi connectivity index (χ2n) is 7.61. The van der Waals surface area contributed by atoms with E-state index in [-0.39, 0.29) is 11.8 Å². The zero-order chi connectivity index (χ0) is 20.3. The molecular weight excluding hydrogens is 362 g/mol. The molecule has 0 spiro atoms. The summed E-state index contributed by atoms with van der Waals surface area (Å²) in [6.45, 7) is 5.37. The van der Waals surface area contributed by atoms with Crippen molar-refractivity contribution in [2.45, 2.75) is 51.7 Å². The third-order valence-corrected chi connectivity index (χ3v) is 4.08. The number of aromatic nitrogens is 3. The standard InChI is InChI=1S/C19H23N5O4/c1-19(2,3)28-18(27)20-13-7-4-6-12(10-13)14-11-24(23-22-14)15-8-5-9-16(25)21-17(15)26/h4,6-7,10-11,15H,5,8-9H2,1-3H3,(H,20,27)(H,21,25,26). The predicted molar refractivity (Wildman–Crippen MR) is 101 cm³/mol. The number of rotatable bonds is 3. The number of anilines is 1. The summed E-state index contributed by atoms with van der Waals surface area (Å²) >= 11 is 0. The van der Waals surface area contributed by atoms with Gasteiger partial charge in [0.05, 0.1) is 6.20 Å². The molecule has 0 bridgehead atoms. The molecule has 148 valence electrons. The maximum absolute atomic E-state index is 12.2. The van der Waals surface area contributed by atoms with Crippen LogP contribution in [0.3, 0.4) is 0 Å². The quantitative estimate of drug-likeness (QED) is 0.785. The van der Waals surface area contributed by atoms with Crippen LogP contribution in [0.1, 0.15) is 46.1 Å². The number of benzene rings is 1. The summed E-state index contributed by atoms with van der Waals surface area (Å²) < 4.78 is 6.72. The van der Waals surface area contributed by atoms with Crippen LogP contribution < -0.4 is 10.6 Å². The van der Waals surface area contributed by atoms with Gasteiger partial charge in [0.25, 0.3) is 5.91 Å². The highest BCUT2D eigenvalue weighted by Gasteiger charge is 2.27. The summed E-state index contributed by atoms with van der Waals surface area (Å²) in [7, 11) is 0. The van der Waals surface area contributed by atoms with Crippen molar-refractivity contribution in [1.29, 1.82) is 0 Å². The zero-order valence-electron chi connectivity index (χ0n) is 16.1. The van der Waals surface area contributed by atoms with Crippen LogP contribution in [0.15, 0.2) is 30.5 Å². The summed E-state index contributed by atoms with van der Waals surface area (Å²) in [6.07, 6.45) is 2.55. The molecule has 1 aromatic heterocycles. The third-order valence-electron chi connectivity index (χ3n) is 4.08. The molecule has 2 N–H and O–H groups in total. The Morgan fingerprint density at radius 2 is 2.11 bits per heavy atom. The SMILES string of the molecule is CC(C)(C)OC(=O)Nc1cccc(-c2cn(C3CCCC(=O)NC3=O)nn2)c1. The van der Waals surface area contributed by atoms with Gasteiger partial charge in [-0.1, -0.05) is 17.3 Å². The van der Waals surface area contributed by atoms with E-state index in [0.29, 0.717) is 30.6 Å². The first-order valence-electron chi connectivity index (χ1n) is 9.07. The van der Waals surface area contributed by atoms with Gasteiger partial charge in [0, 0.05) is 17.7 Å². The molecule has 0 aliphatic carbocycles. The van der Waals surface area contributed by atoms with Gasteiger partial charge in [0.2, 0.25) is 5.91 Å². The van der Waals surface area contributed by atoms with Crippen LogP contribution in [0.2, 0.25) is 0 Å². The summed E-state index contributed by atoms with van der Waals surface area (Å²) in [5, 5.41) is 13.2. The average Bonchev–Trinajstić information content (AvgIpc) is 3.00. The Morgan fingerprint density at radius 1 is 1.32 bits per heavy atom. The molecule has 2 aromatic rings. The van der Waals surface area contributed by atoms with Gasteiger partial charge in [-0.2, -0.15) is 0 Å². The number of nitrogens with zero attached hydrogens (tertiary/aromatic N) is 3. The van der Waals surface area contributed by atoms with E-state index in [1.54, 1.807) is 45.2 Å². The number of hydrogen-bond donors (Lipinski definition) is 2. The van der Waals surface area contributed by atoms with Crippen LogP contribution in [-0.4, -0.2) is 38.5 Å². The lowest BCUT2D eigenvalue weighted by molar-refractivity contribution is -0.131. The van der Waals surface area contributed by atoms with E-state index >= 15 is 0 Å². The highest BCUT2D eigenvalue weighted by atomic mass is 16.6. The summed E-state index contributed by atoms with van der Waals surface area (Å²) in [5.74, 6) is -0.645. The molecule has 3 amide bonds. The molecule has 1 aliphatic rings. The van der Waals surface area contributed by atoms with E-state index in [9.17, 15) is 14.4 Å². The van der Waals surface area contributed by atoms with Crippen molar-refractivity contribution < 1.29 is 19.1 Å². The molecule has 1 unspecified atom stereocenters. The van der Waals surface area contributed by atoms with Gasteiger partial charge in [-0.3, -0.25) is 20.2 Å². The summed E-state index contributed by atoms with van der Waals surface area (Å²) in [5.41, 5.74) is 1.24. The lowest BCUT2D eigenvalue weighted by Crippen LogP contribution is -2.34. The Morgan fingerprint density at radius 3 is 2.86 bits per heavy atom. The lowest BCUT2D eigenvalue weighted by atomic mass is 10.1. The van der Waals surface area contributed by atoms with Gasteiger partial charge in [-0.15, -0.1) is 5.10 Å². The fraction of sp³-hybridized carbons (Fsp3) is 0.421. The van der Waals surface area contributed by atoms with Gasteiger partial charge in [-0.05, 0) is 45.7 Å². The summed E-state index contributed by atoms with van der Waals surface area (Å²) in [4.78, 5) is 35.6. The molecule has 1 saturated heterocycles. The Balaban J connectivity index is 1.75. The fourth-order valence-electron chi connectivity index (χ4n) is 2.86. The predicted octanol–water partition coefficient (Wildman–Crippen LogP) is 2.66. The van der Waals surface area contributed by atoms with E-state index in [1.165, 1.54) is 4.68 Å². The first-order valence-corrected chi connectivity index (χ1v) is 9.07. The van der Waals surface area contributed by atoms with Gasteiger partial charge < -0.3 is 4.74 Å². The maximum Gasteiger partial charge on any atom is 0.412 e. The number of ether oxygens (including phenoxy) is 1. The summed E-state index contributed by atoms with van der Waals surface area (Å²) in [6, 6.07) is 6.51. The van der Waals surface area contributed by atoms with Crippen molar-refractivity contribution >= 4 is 23.6 Å². The van der Waals surface area contributed by atoms with Gasteiger partial charge in [0.1, 0.15) is 17.3 Å². The Bertz CT molecular complexity index is 900. The molecule has 9 heteroatoms. The molecular formula is C19H23N5O4. The Kier molecular flexibility index (Phi) is 5.43. The van der Waals surface area contributed by atoms with E-state index in [4.69, 9.17) is 4.74 Å². The van der Waals surface area contributed by atoms with Crippen LogP contribution in [0.25, 0.3) is 11.3 Å². The molecule has 1 aromatic carbocycles. The van der Waals surface area contributed by atoms with Crippen LogP contribution >= 0.6 is 0 Å². The molecule has 0 saturated carbocycles. The monoisotopic (exact) mass is 385 g/mol. The normalized spacial score (nSPS) is 17.6. The average molecular weight is 385 g/mol. The molecule has 0 radical (unpaired) electrons. The number of amides is 3. The largest absolute Gasteiger partial charge is 0.444 e. The fourth-order valence-corrected chi connectivity index (χ4v) is 2.86. The van der Waals surface area contributed by atoms with E-state index < -0.39 is 17.7 Å². The van der Waals surface area contributed by atoms with Crippen molar-refractivity contribution in [3.63, 3.8) is 0 Å². The first kappa shape index (κ1) is 19.5. The van der Waals surface area contributed by atoms with Gasteiger partial charge >= 0.3 is 6.09 Å². The molecule has 2 heterocycles. The zero-order valence-corrected chi connectivity index (χ0v) is 16.1. The second kappa shape index (κ2) is 7.79. The number of hydrogen-bond acceptors (Lipinski definition) is 6. The Labute approximate surface area is 162 Å². The lowest BCUT2D eigenvalue weighted by Gasteiger charge is -2.19. The van der Waals surface area contributed by atoms with Crippen molar-refractivity contribution in [3.8, 4) is 11.3 Å². The van der Waals surface area contributed by atoms with Gasteiger partial charge in [-0.25, -0.2) is 9.48 Å². The number of nitrogens with one attached hydrogen (secondary N) is 2. The molecule has 9 nitrogen and oxygen atoms in total. The highest BCUT2D eigenvalue weighted by Crippen LogP contribution is 2.24. The van der Waals surface area contributed by atoms with Crippen molar-refractivity contribution in [2.75, 3.05) is 5.32 Å². The van der Waals surface area contributed by atoms with Crippen LogP contribution in [0, 0.1) is 0 Å². The van der Waals surface area contributed by atoms with E-state index in [1.807, 2.05) is 6.07 Å². The first-order chi connectivity index (χ1) is 13.2. The molecule has 1 atom stereocenters. The van der Waals surface area contributed by atoms with Crippen LogP contribution in [0.4, 0.5) is 10.5 Å². The third kappa shape index (κ3) is 4.93. The second-order valence-corrected chi connectivity index (χ2v) is 7.61. The van der Waals surface area contributed by atoms with E-state index in [0.717, 1.165) is 5.56 Å². The van der Waals surface area contributed by atoms with Gasteiger partial charge in [0.15, 0.2) is 0 Å². The van der Waals surface area contributed by atoms with Crippen molar-refractivity contribution in [1.82, 2.24) is 20.3 Å².